The lowest BCUT2D eigenvalue weighted by molar-refractivity contribution is -0.140. The van der Waals surface area contributed by atoms with Crippen LogP contribution in [0.5, 0.6) is 0 Å². The van der Waals surface area contributed by atoms with E-state index in [4.69, 9.17) is 0 Å². The SMILES string of the molecule is O=C(CCc1ccc(F)c(C(F)(F)F)c1)c1c[nH]c(-c2[nH]nc3ncccc23)c1. The van der Waals surface area contributed by atoms with Gasteiger partial charge in [0.15, 0.2) is 11.4 Å². The molecule has 0 radical (unpaired) electrons. The van der Waals surface area contributed by atoms with Gasteiger partial charge in [0.1, 0.15) is 5.82 Å². The maximum Gasteiger partial charge on any atom is 0.419 e. The van der Waals surface area contributed by atoms with E-state index in [0.717, 1.165) is 17.5 Å². The van der Waals surface area contributed by atoms with Crippen molar-refractivity contribution in [3.63, 3.8) is 0 Å². The van der Waals surface area contributed by atoms with Crippen LogP contribution in [-0.4, -0.2) is 25.9 Å². The zero-order valence-corrected chi connectivity index (χ0v) is 14.8. The molecule has 0 atom stereocenters. The average Bonchev–Trinajstić information content (AvgIpc) is 3.33. The summed E-state index contributed by atoms with van der Waals surface area (Å²) in [6.07, 6.45) is -1.56. The van der Waals surface area contributed by atoms with E-state index < -0.39 is 17.6 Å². The lowest BCUT2D eigenvalue weighted by atomic mass is 10.0. The fourth-order valence-corrected chi connectivity index (χ4v) is 3.10. The smallest absolute Gasteiger partial charge is 0.359 e. The molecule has 3 heterocycles. The highest BCUT2D eigenvalue weighted by Crippen LogP contribution is 2.32. The Hall–Kier alpha value is -3.49. The van der Waals surface area contributed by atoms with Crippen LogP contribution in [0.1, 0.15) is 27.9 Å². The molecule has 9 heteroatoms. The first kappa shape index (κ1) is 18.9. The second-order valence-corrected chi connectivity index (χ2v) is 6.51. The first-order chi connectivity index (χ1) is 13.8. The number of pyridine rings is 1. The van der Waals surface area contributed by atoms with E-state index in [1.54, 1.807) is 18.3 Å². The van der Waals surface area contributed by atoms with Gasteiger partial charge in [0, 0.05) is 29.8 Å². The van der Waals surface area contributed by atoms with Gasteiger partial charge in [-0.2, -0.15) is 18.3 Å². The Morgan fingerprint density at radius 1 is 1.14 bits per heavy atom. The van der Waals surface area contributed by atoms with E-state index in [1.165, 1.54) is 12.3 Å². The minimum atomic E-state index is -4.78. The van der Waals surface area contributed by atoms with Crippen molar-refractivity contribution in [1.82, 2.24) is 20.2 Å². The van der Waals surface area contributed by atoms with E-state index in [-0.39, 0.29) is 24.2 Å². The van der Waals surface area contributed by atoms with Gasteiger partial charge in [0.05, 0.1) is 17.0 Å². The summed E-state index contributed by atoms with van der Waals surface area (Å²) in [6, 6.07) is 8.03. The highest BCUT2D eigenvalue weighted by molar-refractivity contribution is 5.98. The zero-order chi connectivity index (χ0) is 20.6. The number of carbonyl (C=O) groups excluding carboxylic acids is 1. The van der Waals surface area contributed by atoms with Crippen LogP contribution >= 0.6 is 0 Å². The van der Waals surface area contributed by atoms with Gasteiger partial charge in [-0.3, -0.25) is 9.89 Å². The minimum Gasteiger partial charge on any atom is -0.359 e. The van der Waals surface area contributed by atoms with Crippen LogP contribution in [-0.2, 0) is 12.6 Å². The number of ketones is 1. The molecular formula is C20H14F4N4O. The van der Waals surface area contributed by atoms with Gasteiger partial charge in [-0.15, -0.1) is 0 Å². The molecule has 0 fully saturated rings. The van der Waals surface area contributed by atoms with E-state index in [9.17, 15) is 22.4 Å². The van der Waals surface area contributed by atoms with E-state index in [2.05, 4.69) is 20.2 Å². The van der Waals surface area contributed by atoms with Crippen LogP contribution in [0.3, 0.4) is 0 Å². The number of aromatic nitrogens is 4. The quantitative estimate of drug-likeness (QED) is 0.367. The number of nitrogens with zero attached hydrogens (tertiary/aromatic N) is 2. The maximum atomic E-state index is 13.4. The molecule has 3 aromatic heterocycles. The largest absolute Gasteiger partial charge is 0.419 e. The second-order valence-electron chi connectivity index (χ2n) is 6.51. The van der Waals surface area contributed by atoms with E-state index >= 15 is 0 Å². The van der Waals surface area contributed by atoms with Crippen molar-refractivity contribution in [3.05, 3.63) is 71.3 Å². The minimum absolute atomic E-state index is 0.00843. The normalized spacial score (nSPS) is 11.9. The highest BCUT2D eigenvalue weighted by Gasteiger charge is 2.34. The number of aromatic amines is 2. The first-order valence-electron chi connectivity index (χ1n) is 8.69. The van der Waals surface area contributed by atoms with Gasteiger partial charge in [-0.05, 0) is 42.3 Å². The molecule has 0 aliphatic carbocycles. The fourth-order valence-electron chi connectivity index (χ4n) is 3.10. The Morgan fingerprint density at radius 2 is 1.97 bits per heavy atom. The lowest BCUT2D eigenvalue weighted by Crippen LogP contribution is -2.09. The molecule has 29 heavy (non-hydrogen) atoms. The number of nitrogens with one attached hydrogen (secondary N) is 2. The molecule has 0 bridgehead atoms. The number of fused-ring (bicyclic) bond motifs is 1. The maximum absolute atomic E-state index is 13.4. The molecule has 0 amide bonds. The number of hydrogen-bond acceptors (Lipinski definition) is 3. The summed E-state index contributed by atoms with van der Waals surface area (Å²) in [5.74, 6) is -1.57. The average molecular weight is 402 g/mol. The molecule has 0 saturated carbocycles. The molecule has 148 valence electrons. The first-order valence-corrected chi connectivity index (χ1v) is 8.69. The molecule has 4 rings (SSSR count). The van der Waals surface area contributed by atoms with Crippen LogP contribution in [0, 0.1) is 5.82 Å². The van der Waals surface area contributed by atoms with Crippen molar-refractivity contribution >= 4 is 16.8 Å². The molecule has 0 aliphatic rings. The van der Waals surface area contributed by atoms with Crippen molar-refractivity contribution in [1.29, 1.82) is 0 Å². The predicted octanol–water partition coefficient (Wildman–Crippen LogP) is 4.93. The number of hydrogen-bond donors (Lipinski definition) is 2. The lowest BCUT2D eigenvalue weighted by Gasteiger charge is -2.09. The van der Waals surface area contributed by atoms with Gasteiger partial charge in [-0.25, -0.2) is 9.37 Å². The summed E-state index contributed by atoms with van der Waals surface area (Å²) >= 11 is 0. The molecule has 1 aromatic carbocycles. The predicted molar refractivity (Wildman–Crippen MR) is 97.7 cm³/mol. The number of carbonyl (C=O) groups is 1. The van der Waals surface area contributed by atoms with Crippen LogP contribution < -0.4 is 0 Å². The van der Waals surface area contributed by atoms with Crippen molar-refractivity contribution in [2.24, 2.45) is 0 Å². The zero-order valence-electron chi connectivity index (χ0n) is 14.8. The molecule has 0 saturated heterocycles. The molecule has 0 spiro atoms. The summed E-state index contributed by atoms with van der Waals surface area (Å²) in [5, 5.41) is 7.76. The summed E-state index contributed by atoms with van der Waals surface area (Å²) in [6.45, 7) is 0. The van der Waals surface area contributed by atoms with E-state index in [0.29, 0.717) is 22.6 Å². The van der Waals surface area contributed by atoms with Crippen LogP contribution in [0.15, 0.2) is 48.8 Å². The van der Waals surface area contributed by atoms with Crippen LogP contribution in [0.25, 0.3) is 22.4 Å². The molecular weight excluding hydrogens is 388 g/mol. The van der Waals surface area contributed by atoms with Crippen molar-refractivity contribution in [2.75, 3.05) is 0 Å². The third-order valence-electron chi connectivity index (χ3n) is 4.58. The van der Waals surface area contributed by atoms with Crippen molar-refractivity contribution in [3.8, 4) is 11.4 Å². The third kappa shape index (κ3) is 3.75. The summed E-state index contributed by atoms with van der Waals surface area (Å²) in [5.41, 5.74) is 1.18. The Bertz CT molecular complexity index is 1190. The van der Waals surface area contributed by atoms with Gasteiger partial charge < -0.3 is 4.98 Å². The van der Waals surface area contributed by atoms with Gasteiger partial charge in [-0.1, -0.05) is 6.07 Å². The standard InChI is InChI=1S/C20H14F4N4O/c21-15-5-3-11(8-14(15)20(22,23)24)4-6-17(29)12-9-16(26-10-12)18-13-2-1-7-25-19(13)28-27-18/h1-3,5,7-10,26H,4,6H2,(H,25,27,28). The van der Waals surface area contributed by atoms with Gasteiger partial charge in [0.25, 0.3) is 0 Å². The topological polar surface area (TPSA) is 74.4 Å². The van der Waals surface area contributed by atoms with Crippen molar-refractivity contribution in [2.45, 2.75) is 19.0 Å². The molecule has 5 nitrogen and oxygen atoms in total. The Kier molecular flexibility index (Phi) is 4.65. The summed E-state index contributed by atoms with van der Waals surface area (Å²) in [4.78, 5) is 19.6. The van der Waals surface area contributed by atoms with Crippen molar-refractivity contribution < 1.29 is 22.4 Å². The number of halogens is 4. The number of Topliss-reactive ketones (excluding diaryl/α,β-unsaturated/α-hetero) is 1. The van der Waals surface area contributed by atoms with E-state index in [1.807, 2.05) is 6.07 Å². The number of alkyl halides is 3. The highest BCUT2D eigenvalue weighted by atomic mass is 19.4. The molecule has 4 aromatic rings. The number of benzene rings is 1. The summed E-state index contributed by atoms with van der Waals surface area (Å²) < 4.78 is 51.8. The number of H-pyrrole nitrogens is 2. The molecule has 0 aliphatic heterocycles. The Labute approximate surface area is 161 Å². The van der Waals surface area contributed by atoms with Gasteiger partial charge in [0.2, 0.25) is 0 Å². The van der Waals surface area contributed by atoms with Crippen LogP contribution in [0.4, 0.5) is 17.6 Å². The number of rotatable bonds is 5. The monoisotopic (exact) mass is 402 g/mol. The fraction of sp³-hybridized carbons (Fsp3) is 0.150. The molecule has 0 unspecified atom stereocenters. The number of aryl methyl sites for hydroxylation is 1. The Balaban J connectivity index is 1.49. The Morgan fingerprint density at radius 3 is 2.76 bits per heavy atom. The second kappa shape index (κ2) is 7.16. The van der Waals surface area contributed by atoms with Crippen LogP contribution in [0.2, 0.25) is 0 Å². The summed E-state index contributed by atoms with van der Waals surface area (Å²) in [7, 11) is 0. The van der Waals surface area contributed by atoms with Gasteiger partial charge >= 0.3 is 6.18 Å². The third-order valence-corrected chi connectivity index (χ3v) is 4.58. The molecule has 2 N–H and O–H groups in total.